The minimum atomic E-state index is -0.793. The summed E-state index contributed by atoms with van der Waals surface area (Å²) in [5, 5.41) is 4.19. The molecule has 0 N–H and O–H groups in total. The minimum absolute atomic E-state index is 0.0799. The van der Waals surface area contributed by atoms with Gasteiger partial charge in [-0.2, -0.15) is 5.10 Å². The standard InChI is InChI=1S/C25H28FN5O4/c1-29(2)25(34)23(32)22-20-18(30(3)28-22)14-19(35-4)21(27-20)24(33)31-11-9-16(10-12-31)13-15-5-7-17(26)8-6-15/h5-8,14,16H,9-13H2,1-4H3. The molecule has 4 rings (SSSR count). The van der Waals surface area contributed by atoms with Gasteiger partial charge in [-0.25, -0.2) is 9.37 Å². The van der Waals surface area contributed by atoms with Crippen LogP contribution in [0, 0.1) is 11.7 Å². The molecule has 184 valence electrons. The van der Waals surface area contributed by atoms with Crippen molar-refractivity contribution < 1.29 is 23.5 Å². The molecule has 9 nitrogen and oxygen atoms in total. The number of nitrogens with zero attached hydrogens (tertiary/aromatic N) is 5. The Balaban J connectivity index is 1.56. The number of Topliss-reactive ketones (excluding diaryl/α,β-unsaturated/α-hetero) is 1. The van der Waals surface area contributed by atoms with Crippen LogP contribution in [0.3, 0.4) is 0 Å². The Morgan fingerprint density at radius 3 is 2.37 bits per heavy atom. The van der Waals surface area contributed by atoms with Crippen LogP contribution < -0.4 is 4.74 Å². The number of piperidine rings is 1. The predicted octanol–water partition coefficient (Wildman–Crippen LogP) is 2.48. The van der Waals surface area contributed by atoms with Gasteiger partial charge in [-0.1, -0.05) is 12.1 Å². The molecule has 35 heavy (non-hydrogen) atoms. The van der Waals surface area contributed by atoms with Crippen LogP contribution in [-0.2, 0) is 18.3 Å². The van der Waals surface area contributed by atoms with E-state index in [9.17, 15) is 18.8 Å². The number of ketones is 1. The number of amides is 2. The van der Waals surface area contributed by atoms with E-state index >= 15 is 0 Å². The molecule has 0 saturated carbocycles. The van der Waals surface area contributed by atoms with E-state index in [2.05, 4.69) is 10.1 Å². The lowest BCUT2D eigenvalue weighted by Gasteiger charge is -2.32. The van der Waals surface area contributed by atoms with Gasteiger partial charge in [0.1, 0.15) is 11.3 Å². The molecule has 0 unspecified atom stereocenters. The fourth-order valence-corrected chi connectivity index (χ4v) is 4.37. The van der Waals surface area contributed by atoms with Crippen LogP contribution in [0.15, 0.2) is 30.3 Å². The summed E-state index contributed by atoms with van der Waals surface area (Å²) in [6.07, 6.45) is 2.44. The summed E-state index contributed by atoms with van der Waals surface area (Å²) >= 11 is 0. The van der Waals surface area contributed by atoms with Gasteiger partial charge in [0.15, 0.2) is 17.1 Å². The van der Waals surface area contributed by atoms with Gasteiger partial charge >= 0.3 is 0 Å². The molecule has 2 aromatic heterocycles. The van der Waals surface area contributed by atoms with Crippen molar-refractivity contribution in [3.05, 3.63) is 53.1 Å². The summed E-state index contributed by atoms with van der Waals surface area (Å²) in [4.78, 5) is 45.7. The molecule has 1 aliphatic heterocycles. The smallest absolute Gasteiger partial charge is 0.296 e. The summed E-state index contributed by atoms with van der Waals surface area (Å²) in [5.41, 5.74) is 1.72. The summed E-state index contributed by atoms with van der Waals surface area (Å²) in [5.74, 6) is -1.40. The van der Waals surface area contributed by atoms with Crippen molar-refractivity contribution in [3.63, 3.8) is 0 Å². The minimum Gasteiger partial charge on any atom is -0.494 e. The van der Waals surface area contributed by atoms with E-state index in [0.717, 1.165) is 24.8 Å². The highest BCUT2D eigenvalue weighted by Crippen LogP contribution is 2.28. The van der Waals surface area contributed by atoms with E-state index < -0.39 is 11.7 Å². The van der Waals surface area contributed by atoms with Crippen LogP contribution >= 0.6 is 0 Å². The molecule has 0 spiro atoms. The first-order valence-electron chi connectivity index (χ1n) is 11.4. The SMILES string of the molecule is COc1cc2c(nc1C(=O)N1CCC(Cc3ccc(F)cc3)CC1)c(C(=O)C(=O)N(C)C)nn2C. The van der Waals surface area contributed by atoms with Crippen molar-refractivity contribution in [2.75, 3.05) is 34.3 Å². The average Bonchev–Trinajstić information content (AvgIpc) is 3.19. The molecule has 0 aliphatic carbocycles. The van der Waals surface area contributed by atoms with Crippen LogP contribution in [0.1, 0.15) is 39.4 Å². The number of likely N-dealkylation sites (tertiary alicyclic amines) is 1. The van der Waals surface area contributed by atoms with Crippen molar-refractivity contribution >= 4 is 28.6 Å². The highest BCUT2D eigenvalue weighted by Gasteiger charge is 2.30. The van der Waals surface area contributed by atoms with Gasteiger partial charge in [0, 0.05) is 40.3 Å². The zero-order valence-electron chi connectivity index (χ0n) is 20.2. The number of aryl methyl sites for hydroxylation is 1. The van der Waals surface area contributed by atoms with E-state index in [0.29, 0.717) is 24.5 Å². The first kappa shape index (κ1) is 24.3. The number of rotatable bonds is 6. The largest absolute Gasteiger partial charge is 0.494 e. The highest BCUT2D eigenvalue weighted by atomic mass is 19.1. The number of hydrogen-bond donors (Lipinski definition) is 0. The lowest BCUT2D eigenvalue weighted by Crippen LogP contribution is -2.39. The van der Waals surface area contributed by atoms with Crippen molar-refractivity contribution in [3.8, 4) is 5.75 Å². The van der Waals surface area contributed by atoms with E-state index in [-0.39, 0.29) is 34.4 Å². The van der Waals surface area contributed by atoms with E-state index in [1.54, 1.807) is 30.1 Å². The maximum absolute atomic E-state index is 13.4. The summed E-state index contributed by atoms with van der Waals surface area (Å²) in [7, 11) is 6.05. The van der Waals surface area contributed by atoms with E-state index in [4.69, 9.17) is 4.74 Å². The normalized spacial score (nSPS) is 14.3. The van der Waals surface area contributed by atoms with Crippen molar-refractivity contribution in [2.24, 2.45) is 13.0 Å². The third-order valence-electron chi connectivity index (χ3n) is 6.37. The number of aromatic nitrogens is 3. The number of likely N-dealkylation sites (N-methyl/N-ethyl adjacent to an activating group) is 1. The third kappa shape index (κ3) is 4.87. The van der Waals surface area contributed by atoms with Gasteiger partial charge in [-0.15, -0.1) is 0 Å². The van der Waals surface area contributed by atoms with Crippen LogP contribution in [-0.4, -0.2) is 76.5 Å². The fraction of sp³-hybridized carbons (Fsp3) is 0.400. The monoisotopic (exact) mass is 481 g/mol. The first-order chi connectivity index (χ1) is 16.7. The van der Waals surface area contributed by atoms with Crippen molar-refractivity contribution in [2.45, 2.75) is 19.3 Å². The molecule has 1 fully saturated rings. The highest BCUT2D eigenvalue weighted by molar-refractivity contribution is 6.44. The molecule has 3 aromatic rings. The number of benzene rings is 1. The number of methoxy groups -OCH3 is 1. The molecule has 1 aliphatic rings. The predicted molar refractivity (Wildman–Crippen MR) is 127 cm³/mol. The Labute approximate surface area is 202 Å². The van der Waals surface area contributed by atoms with Gasteiger partial charge in [-0.05, 0) is 42.9 Å². The Morgan fingerprint density at radius 2 is 1.77 bits per heavy atom. The van der Waals surface area contributed by atoms with Crippen molar-refractivity contribution in [1.82, 2.24) is 24.6 Å². The fourth-order valence-electron chi connectivity index (χ4n) is 4.37. The second-order valence-electron chi connectivity index (χ2n) is 8.97. The van der Waals surface area contributed by atoms with Crippen molar-refractivity contribution in [1.29, 1.82) is 0 Å². The third-order valence-corrected chi connectivity index (χ3v) is 6.37. The van der Waals surface area contributed by atoms with Crippen LogP contribution in [0.5, 0.6) is 5.75 Å². The Bertz CT molecular complexity index is 1280. The maximum atomic E-state index is 13.4. The zero-order valence-corrected chi connectivity index (χ0v) is 20.2. The first-order valence-corrected chi connectivity index (χ1v) is 11.4. The van der Waals surface area contributed by atoms with Gasteiger partial charge in [0.25, 0.3) is 17.6 Å². The number of carbonyl (C=O) groups is 3. The van der Waals surface area contributed by atoms with Gasteiger partial charge in [0.2, 0.25) is 0 Å². The number of halogens is 1. The second kappa shape index (κ2) is 9.81. The average molecular weight is 482 g/mol. The van der Waals surface area contributed by atoms with Crippen LogP contribution in [0.25, 0.3) is 11.0 Å². The Hall–Kier alpha value is -3.82. The molecule has 0 atom stereocenters. The zero-order chi connectivity index (χ0) is 25.3. The number of ether oxygens (including phenoxy) is 1. The number of carbonyl (C=O) groups excluding carboxylic acids is 3. The maximum Gasteiger partial charge on any atom is 0.296 e. The number of pyridine rings is 1. The molecule has 0 bridgehead atoms. The van der Waals surface area contributed by atoms with Crippen LogP contribution in [0.2, 0.25) is 0 Å². The molecular weight excluding hydrogens is 453 g/mol. The topological polar surface area (TPSA) is 97.6 Å². The second-order valence-corrected chi connectivity index (χ2v) is 8.97. The van der Waals surface area contributed by atoms with Gasteiger partial charge in [-0.3, -0.25) is 19.1 Å². The molecule has 2 amide bonds. The molecule has 10 heteroatoms. The lowest BCUT2D eigenvalue weighted by molar-refractivity contribution is -0.124. The van der Waals surface area contributed by atoms with Gasteiger partial charge < -0.3 is 14.5 Å². The van der Waals surface area contributed by atoms with E-state index in [1.807, 2.05) is 0 Å². The Morgan fingerprint density at radius 1 is 1.11 bits per heavy atom. The molecule has 3 heterocycles. The molecule has 1 aromatic carbocycles. The molecule has 0 radical (unpaired) electrons. The molecular formula is C25H28FN5O4. The summed E-state index contributed by atoms with van der Waals surface area (Å²) in [6, 6.07) is 8.13. The summed E-state index contributed by atoms with van der Waals surface area (Å²) in [6.45, 7) is 1.09. The Kier molecular flexibility index (Phi) is 6.81. The van der Waals surface area contributed by atoms with Crippen LogP contribution in [0.4, 0.5) is 4.39 Å². The summed E-state index contributed by atoms with van der Waals surface area (Å²) < 4.78 is 20.1. The number of hydrogen-bond acceptors (Lipinski definition) is 6. The lowest BCUT2D eigenvalue weighted by atomic mass is 9.90. The quantitative estimate of drug-likeness (QED) is 0.396. The number of fused-ring (bicyclic) bond motifs is 1. The van der Waals surface area contributed by atoms with E-state index in [1.165, 1.54) is 42.9 Å². The van der Waals surface area contributed by atoms with Gasteiger partial charge in [0.05, 0.1) is 12.6 Å². The molecule has 1 saturated heterocycles.